The monoisotopic (exact) mass is 261 g/mol. The first-order valence-corrected chi connectivity index (χ1v) is 7.59. The highest BCUT2D eigenvalue weighted by Gasteiger charge is 2.26. The van der Waals surface area contributed by atoms with Gasteiger partial charge < -0.3 is 0 Å². The van der Waals surface area contributed by atoms with Crippen molar-refractivity contribution in [2.45, 2.75) is 63.8 Å². The van der Waals surface area contributed by atoms with Gasteiger partial charge in [-0.05, 0) is 75.5 Å². The van der Waals surface area contributed by atoms with Gasteiger partial charge >= 0.3 is 0 Å². The number of aliphatic imine (C=N–C) groups is 1. The zero-order valence-corrected chi connectivity index (χ0v) is 11.5. The predicted molar refractivity (Wildman–Crippen MR) is 74.2 cm³/mol. The van der Waals surface area contributed by atoms with Crippen LogP contribution in [-0.2, 0) is 9.59 Å². The Kier molecular flexibility index (Phi) is 5.57. The second-order valence-electron chi connectivity index (χ2n) is 6.20. The van der Waals surface area contributed by atoms with Crippen molar-refractivity contribution in [1.82, 2.24) is 0 Å². The average molecular weight is 261 g/mol. The van der Waals surface area contributed by atoms with Crippen LogP contribution in [0.3, 0.4) is 0 Å². The van der Waals surface area contributed by atoms with E-state index in [-0.39, 0.29) is 6.04 Å². The van der Waals surface area contributed by atoms with Gasteiger partial charge in [-0.1, -0.05) is 0 Å². The van der Waals surface area contributed by atoms with Crippen LogP contribution in [0.5, 0.6) is 0 Å². The van der Waals surface area contributed by atoms with Gasteiger partial charge in [-0.25, -0.2) is 14.6 Å². The van der Waals surface area contributed by atoms with E-state index in [1.807, 2.05) is 5.94 Å². The molecule has 0 saturated heterocycles. The molecule has 0 aromatic rings. The lowest BCUT2D eigenvalue weighted by Crippen LogP contribution is -2.21. The third-order valence-electron chi connectivity index (χ3n) is 4.91. The van der Waals surface area contributed by atoms with Gasteiger partial charge in [0.15, 0.2) is 0 Å². The summed E-state index contributed by atoms with van der Waals surface area (Å²) in [5.41, 5.74) is 0. The molecule has 19 heavy (non-hydrogen) atoms. The first-order chi connectivity index (χ1) is 9.31. The lowest BCUT2D eigenvalue weighted by Gasteiger charge is -2.32. The molecule has 3 nitrogen and oxygen atoms in total. The first kappa shape index (κ1) is 14.2. The third kappa shape index (κ3) is 4.45. The van der Waals surface area contributed by atoms with Crippen LogP contribution < -0.4 is 0 Å². The number of isocyanates is 1. The van der Waals surface area contributed by atoms with E-state index < -0.39 is 0 Å². The molecule has 0 radical (unpaired) electrons. The van der Waals surface area contributed by atoms with E-state index in [2.05, 4.69) is 4.99 Å². The Morgan fingerprint density at radius 1 is 0.895 bits per heavy atom. The fraction of sp³-hybridized carbons (Fsp3) is 0.812. The van der Waals surface area contributed by atoms with Gasteiger partial charge in [0, 0.05) is 6.08 Å². The highest BCUT2D eigenvalue weighted by atomic mass is 16.1. The third-order valence-corrected chi connectivity index (χ3v) is 4.91. The van der Waals surface area contributed by atoms with Crippen LogP contribution in [0.1, 0.15) is 57.8 Å². The summed E-state index contributed by atoms with van der Waals surface area (Å²) < 4.78 is 0. The molecule has 2 aliphatic rings. The van der Waals surface area contributed by atoms with Gasteiger partial charge in [-0.2, -0.15) is 0 Å². The van der Waals surface area contributed by atoms with Crippen LogP contribution >= 0.6 is 0 Å². The van der Waals surface area contributed by atoms with Gasteiger partial charge in [0.05, 0.1) is 6.04 Å². The summed E-state index contributed by atoms with van der Waals surface area (Å²) in [4.78, 5) is 24.4. The van der Waals surface area contributed by atoms with E-state index in [1.54, 1.807) is 12.2 Å². The number of nitrogens with zero attached hydrogens (tertiary/aromatic N) is 1. The van der Waals surface area contributed by atoms with Gasteiger partial charge in [-0.15, -0.1) is 0 Å². The maximum Gasteiger partial charge on any atom is 0.235 e. The van der Waals surface area contributed by atoms with Crippen molar-refractivity contribution in [2.75, 3.05) is 0 Å². The Bertz CT molecular complexity index is 328. The fourth-order valence-electron chi connectivity index (χ4n) is 3.74. The van der Waals surface area contributed by atoms with Gasteiger partial charge in [0.2, 0.25) is 6.08 Å². The van der Waals surface area contributed by atoms with E-state index >= 15 is 0 Å². The van der Waals surface area contributed by atoms with E-state index in [4.69, 9.17) is 0 Å². The van der Waals surface area contributed by atoms with Crippen molar-refractivity contribution in [1.29, 1.82) is 0 Å². The molecule has 0 aromatic carbocycles. The first-order valence-electron chi connectivity index (χ1n) is 7.59. The molecule has 3 heteroatoms. The predicted octanol–water partition coefficient (Wildman–Crippen LogP) is 3.47. The van der Waals surface area contributed by atoms with Crippen LogP contribution in [-0.4, -0.2) is 18.1 Å². The smallest absolute Gasteiger partial charge is 0.234 e. The van der Waals surface area contributed by atoms with Crippen molar-refractivity contribution in [3.63, 3.8) is 0 Å². The molecular weight excluding hydrogens is 238 g/mol. The largest absolute Gasteiger partial charge is 0.235 e. The molecule has 0 bridgehead atoms. The second-order valence-corrected chi connectivity index (χ2v) is 6.20. The average Bonchev–Trinajstić information content (AvgIpc) is 2.44. The number of hydrogen-bond donors (Lipinski definition) is 0. The zero-order chi connectivity index (χ0) is 13.5. The Balaban J connectivity index is 1.69. The number of allylic oxidation sites excluding steroid dienone is 1. The van der Waals surface area contributed by atoms with E-state index in [0.717, 1.165) is 37.5 Å². The van der Waals surface area contributed by atoms with Crippen molar-refractivity contribution in [3.8, 4) is 0 Å². The molecule has 2 aliphatic carbocycles. The maximum atomic E-state index is 10.3. The molecule has 104 valence electrons. The highest BCUT2D eigenvalue weighted by Crippen LogP contribution is 2.37. The topological polar surface area (TPSA) is 46.5 Å². The molecule has 2 saturated carbocycles. The molecular formula is C16H23NO2. The van der Waals surface area contributed by atoms with Gasteiger partial charge in [0.1, 0.15) is 5.94 Å². The maximum absolute atomic E-state index is 10.3. The summed E-state index contributed by atoms with van der Waals surface area (Å²) in [7, 11) is 0. The molecule has 2 rings (SSSR count). The molecule has 0 unspecified atom stereocenters. The minimum atomic E-state index is 0.238. The van der Waals surface area contributed by atoms with E-state index in [9.17, 15) is 9.59 Å². The molecule has 0 aromatic heterocycles. The van der Waals surface area contributed by atoms with Crippen molar-refractivity contribution < 1.29 is 9.59 Å². The normalized spacial score (nSPS) is 34.9. The van der Waals surface area contributed by atoms with Crippen LogP contribution in [0.25, 0.3) is 0 Å². The number of carbonyl (C=O) groups excluding carboxylic acids is 2. The summed E-state index contributed by atoms with van der Waals surface area (Å²) in [6, 6.07) is 0.238. The Morgan fingerprint density at radius 2 is 1.47 bits per heavy atom. The summed E-state index contributed by atoms with van der Waals surface area (Å²) in [6.07, 6.45) is 14.1. The standard InChI is InChI=1S/C16H23NO2/c18-10-9-13-1-3-14(4-2-13)11-15-5-7-16(8-6-15)17-12-19/h9,13-16H,1-8,11H2. The molecule has 0 spiro atoms. The number of hydrogen-bond acceptors (Lipinski definition) is 3. The lowest BCUT2D eigenvalue weighted by molar-refractivity contribution is 0.220. The van der Waals surface area contributed by atoms with Crippen molar-refractivity contribution in [3.05, 3.63) is 6.08 Å². The van der Waals surface area contributed by atoms with Gasteiger partial charge in [-0.3, -0.25) is 0 Å². The fourth-order valence-corrected chi connectivity index (χ4v) is 3.74. The van der Waals surface area contributed by atoms with E-state index in [1.165, 1.54) is 32.1 Å². The summed E-state index contributed by atoms with van der Waals surface area (Å²) in [5, 5.41) is 0. The summed E-state index contributed by atoms with van der Waals surface area (Å²) >= 11 is 0. The molecule has 0 N–H and O–H groups in total. The minimum absolute atomic E-state index is 0.238. The van der Waals surface area contributed by atoms with Crippen LogP contribution in [0.15, 0.2) is 11.1 Å². The van der Waals surface area contributed by atoms with Crippen LogP contribution in [0.4, 0.5) is 0 Å². The Morgan fingerprint density at radius 3 is 2.00 bits per heavy atom. The summed E-state index contributed by atoms with van der Waals surface area (Å²) in [6.45, 7) is 0. The van der Waals surface area contributed by atoms with E-state index in [0.29, 0.717) is 5.92 Å². The quantitative estimate of drug-likeness (QED) is 0.442. The molecule has 0 atom stereocenters. The molecule has 2 fully saturated rings. The Labute approximate surface area is 115 Å². The number of rotatable bonds is 4. The molecule has 0 amide bonds. The van der Waals surface area contributed by atoms with Crippen LogP contribution in [0.2, 0.25) is 0 Å². The molecule has 0 aliphatic heterocycles. The second kappa shape index (κ2) is 7.43. The SMILES string of the molecule is O=C=CC1CCC(CC2CCC(N=C=O)CC2)CC1. The lowest BCUT2D eigenvalue weighted by atomic mass is 9.74. The van der Waals surface area contributed by atoms with Gasteiger partial charge in [0.25, 0.3) is 0 Å². The van der Waals surface area contributed by atoms with Crippen molar-refractivity contribution in [2.24, 2.45) is 22.7 Å². The van der Waals surface area contributed by atoms with Crippen molar-refractivity contribution >= 4 is 12.0 Å². The highest BCUT2D eigenvalue weighted by molar-refractivity contribution is 5.45. The Hall–Kier alpha value is -1.17. The molecule has 0 heterocycles. The minimum Gasteiger partial charge on any atom is -0.234 e. The van der Waals surface area contributed by atoms with Crippen LogP contribution in [0, 0.1) is 17.8 Å². The summed E-state index contributed by atoms with van der Waals surface area (Å²) in [5.74, 6) is 4.07. The zero-order valence-electron chi connectivity index (χ0n) is 11.5.